The maximum absolute atomic E-state index is 10.6. The van der Waals surface area contributed by atoms with Crippen molar-refractivity contribution in [3.8, 4) is 0 Å². The lowest BCUT2D eigenvalue weighted by Crippen LogP contribution is -2.44. The van der Waals surface area contributed by atoms with Gasteiger partial charge in [-0.3, -0.25) is 4.72 Å². The maximum Gasteiger partial charge on any atom is 0.496 e. The number of hydrogen-bond acceptors (Lipinski definition) is 8. The van der Waals surface area contributed by atoms with Gasteiger partial charge in [0.15, 0.2) is 5.79 Å². The van der Waals surface area contributed by atoms with E-state index in [4.69, 9.17) is 32.5 Å². The van der Waals surface area contributed by atoms with Crippen molar-refractivity contribution in [2.45, 2.75) is 49.9 Å². The molecule has 1 unspecified atom stereocenters. The first-order valence-electron chi connectivity index (χ1n) is 11.3. The van der Waals surface area contributed by atoms with E-state index in [1.165, 1.54) is 18.0 Å². The highest BCUT2D eigenvalue weighted by atomic mass is 35.5. The van der Waals surface area contributed by atoms with Crippen LogP contribution in [0.1, 0.15) is 32.8 Å². The van der Waals surface area contributed by atoms with Gasteiger partial charge in [-0.1, -0.05) is 53.5 Å². The monoisotopic (exact) mass is 532 g/mol. The number of aryl methyl sites for hydroxylation is 1. The highest BCUT2D eigenvalue weighted by Crippen LogP contribution is 2.35. The van der Waals surface area contributed by atoms with E-state index in [0.29, 0.717) is 5.95 Å². The van der Waals surface area contributed by atoms with Crippen molar-refractivity contribution in [2.24, 2.45) is 0 Å². The number of hydrogen-bond donors (Lipinski definition) is 3. The van der Waals surface area contributed by atoms with Gasteiger partial charge in [-0.2, -0.15) is 0 Å². The lowest BCUT2D eigenvalue weighted by Gasteiger charge is -2.30. The Balaban J connectivity index is 1.30. The fraction of sp³-hybridized carbons (Fsp3) is 0.333. The van der Waals surface area contributed by atoms with E-state index in [1.54, 1.807) is 6.92 Å². The predicted molar refractivity (Wildman–Crippen MR) is 143 cm³/mol. The third-order valence-electron chi connectivity index (χ3n) is 5.87. The van der Waals surface area contributed by atoms with Gasteiger partial charge in [0.05, 0.1) is 0 Å². The van der Waals surface area contributed by atoms with E-state index in [2.05, 4.69) is 26.1 Å². The number of nitrogens with one attached hydrogen (secondary N) is 2. The van der Waals surface area contributed by atoms with Crippen LogP contribution in [0.25, 0.3) is 0 Å². The molecule has 1 fully saturated rings. The van der Waals surface area contributed by atoms with Gasteiger partial charge in [0.25, 0.3) is 0 Å². The Labute approximate surface area is 220 Å². The molecule has 1 aliphatic rings. The van der Waals surface area contributed by atoms with E-state index in [9.17, 15) is 5.11 Å². The van der Waals surface area contributed by atoms with Crippen LogP contribution in [0.15, 0.2) is 59.5 Å². The molecule has 1 aliphatic heterocycles. The average molecular weight is 533 g/mol. The summed E-state index contributed by atoms with van der Waals surface area (Å²) < 4.78 is 14.9. The average Bonchev–Trinajstić information content (AvgIpc) is 3.02. The zero-order chi connectivity index (χ0) is 25.1. The molecule has 35 heavy (non-hydrogen) atoms. The SMILES string of the molecule is CC1(C)OB(c2ccccc2CCCNc2cccc(SNc3nc(Cl)cc(Cl)n3)c2)OC1(C)O. The highest BCUT2D eigenvalue weighted by molar-refractivity contribution is 8.00. The molecule has 0 saturated carbocycles. The summed E-state index contributed by atoms with van der Waals surface area (Å²) in [5, 5.41) is 14.6. The number of rotatable bonds is 9. The molecule has 0 spiro atoms. The van der Waals surface area contributed by atoms with Crippen molar-refractivity contribution in [1.29, 1.82) is 0 Å². The molecule has 0 bridgehead atoms. The van der Waals surface area contributed by atoms with E-state index in [1.807, 2.05) is 56.3 Å². The molecule has 2 heterocycles. The zero-order valence-electron chi connectivity index (χ0n) is 19.7. The van der Waals surface area contributed by atoms with Crippen LogP contribution >= 0.6 is 35.1 Å². The number of aliphatic hydroxyl groups is 1. The van der Waals surface area contributed by atoms with E-state index in [-0.39, 0.29) is 10.3 Å². The van der Waals surface area contributed by atoms with Crippen molar-refractivity contribution >= 4 is 59.4 Å². The fourth-order valence-electron chi connectivity index (χ4n) is 3.59. The second-order valence-electron chi connectivity index (χ2n) is 8.86. The minimum absolute atomic E-state index is 0.283. The summed E-state index contributed by atoms with van der Waals surface area (Å²) in [5.41, 5.74) is 2.30. The molecule has 0 aliphatic carbocycles. The first-order valence-corrected chi connectivity index (χ1v) is 12.8. The number of nitrogens with zero attached hydrogens (tertiary/aromatic N) is 2. The predicted octanol–water partition coefficient (Wildman–Crippen LogP) is 5.18. The normalized spacial score (nSPS) is 19.1. The van der Waals surface area contributed by atoms with Gasteiger partial charge in [0, 0.05) is 23.2 Å². The van der Waals surface area contributed by atoms with Gasteiger partial charge in [-0.25, -0.2) is 9.97 Å². The second kappa shape index (κ2) is 10.9. The summed E-state index contributed by atoms with van der Waals surface area (Å²) in [7, 11) is -0.594. The largest absolute Gasteiger partial charge is 0.496 e. The molecule has 2 aromatic carbocycles. The molecule has 3 N–H and O–H groups in total. The van der Waals surface area contributed by atoms with Gasteiger partial charge < -0.3 is 19.7 Å². The lowest BCUT2D eigenvalue weighted by molar-refractivity contribution is -0.176. The van der Waals surface area contributed by atoms with Crippen molar-refractivity contribution in [1.82, 2.24) is 9.97 Å². The smallest absolute Gasteiger partial charge is 0.397 e. The lowest BCUT2D eigenvalue weighted by atomic mass is 9.75. The van der Waals surface area contributed by atoms with Crippen molar-refractivity contribution in [3.63, 3.8) is 0 Å². The van der Waals surface area contributed by atoms with Gasteiger partial charge in [0.2, 0.25) is 5.95 Å². The van der Waals surface area contributed by atoms with E-state index in [0.717, 1.165) is 41.0 Å². The molecule has 0 amide bonds. The third-order valence-corrected chi connectivity index (χ3v) is 7.04. The van der Waals surface area contributed by atoms with Crippen LogP contribution in [0.4, 0.5) is 11.6 Å². The molecule has 1 atom stereocenters. The van der Waals surface area contributed by atoms with Crippen molar-refractivity contribution in [2.75, 3.05) is 16.6 Å². The molecule has 1 saturated heterocycles. The first-order chi connectivity index (χ1) is 16.6. The minimum Gasteiger partial charge on any atom is -0.397 e. The summed E-state index contributed by atoms with van der Waals surface area (Å²) in [6.07, 6.45) is 1.76. The van der Waals surface area contributed by atoms with Gasteiger partial charge >= 0.3 is 7.12 Å². The summed E-state index contributed by atoms with van der Waals surface area (Å²) in [4.78, 5) is 9.20. The maximum atomic E-state index is 10.6. The Hall–Kier alpha value is -2.01. The first kappa shape index (κ1) is 26.1. The van der Waals surface area contributed by atoms with Gasteiger partial charge in [0.1, 0.15) is 15.9 Å². The van der Waals surface area contributed by atoms with Crippen molar-refractivity contribution < 1.29 is 14.4 Å². The summed E-state index contributed by atoms with van der Waals surface area (Å²) in [6.45, 7) is 6.09. The van der Waals surface area contributed by atoms with Gasteiger partial charge in [-0.05, 0) is 74.8 Å². The number of benzene rings is 2. The molecule has 184 valence electrons. The second-order valence-corrected chi connectivity index (χ2v) is 10.5. The van der Waals surface area contributed by atoms with Crippen LogP contribution in [-0.2, 0) is 15.7 Å². The Kier molecular flexibility index (Phi) is 8.15. The van der Waals surface area contributed by atoms with Crippen LogP contribution in [0.2, 0.25) is 10.3 Å². The standard InChI is InChI=1S/C24H27BCl2N4O3S/c1-23(2)24(3,32)34-25(33-23)19-12-5-4-8-16(19)9-7-13-28-17-10-6-11-18(14-17)35-31-22-29-20(26)15-21(27)30-22/h4-6,8,10-12,14-15,28,32H,7,9,13H2,1-3H3,(H,29,30,31). The minimum atomic E-state index is -1.35. The molecular weight excluding hydrogens is 506 g/mol. The van der Waals surface area contributed by atoms with E-state index < -0.39 is 18.5 Å². The number of anilines is 2. The van der Waals surface area contributed by atoms with Crippen LogP contribution in [0.5, 0.6) is 0 Å². The van der Waals surface area contributed by atoms with Crippen molar-refractivity contribution in [3.05, 3.63) is 70.5 Å². The number of aromatic nitrogens is 2. The molecule has 3 aromatic rings. The van der Waals surface area contributed by atoms with Crippen LogP contribution in [0.3, 0.4) is 0 Å². The highest BCUT2D eigenvalue weighted by Gasteiger charge is 2.54. The zero-order valence-corrected chi connectivity index (χ0v) is 22.0. The summed E-state index contributed by atoms with van der Waals surface area (Å²) in [5.74, 6) is -1.00. The molecule has 11 heteroatoms. The quantitative estimate of drug-likeness (QED) is 0.150. The van der Waals surface area contributed by atoms with Crippen LogP contribution in [-0.4, -0.2) is 40.1 Å². The fourth-order valence-corrected chi connectivity index (χ4v) is 4.65. The summed E-state index contributed by atoms with van der Waals surface area (Å²) >= 11 is 13.2. The Bertz CT molecular complexity index is 1150. The topological polar surface area (TPSA) is 88.5 Å². The van der Waals surface area contributed by atoms with Gasteiger partial charge in [-0.15, -0.1) is 0 Å². The Morgan fingerprint density at radius 2 is 1.74 bits per heavy atom. The third kappa shape index (κ3) is 6.61. The number of halogens is 2. The van der Waals surface area contributed by atoms with Crippen LogP contribution < -0.4 is 15.5 Å². The Morgan fingerprint density at radius 3 is 2.46 bits per heavy atom. The van der Waals surface area contributed by atoms with E-state index >= 15 is 0 Å². The van der Waals surface area contributed by atoms with Crippen LogP contribution in [0, 0.1) is 0 Å². The molecule has 1 aromatic heterocycles. The molecule has 7 nitrogen and oxygen atoms in total. The summed E-state index contributed by atoms with van der Waals surface area (Å²) in [6, 6.07) is 17.6. The molecule has 4 rings (SSSR count). The molecular formula is C24H27BCl2N4O3S. The Morgan fingerprint density at radius 1 is 1.00 bits per heavy atom. The molecule has 0 radical (unpaired) electrons.